The van der Waals surface area contributed by atoms with Crippen LogP contribution in [0.3, 0.4) is 0 Å². The van der Waals surface area contributed by atoms with Crippen molar-refractivity contribution in [3.8, 4) is 0 Å². The van der Waals surface area contributed by atoms with Gasteiger partial charge >= 0.3 is 5.97 Å². The van der Waals surface area contributed by atoms with E-state index in [4.69, 9.17) is 5.11 Å². The SMILES string of the molecule is CC(Nc1nnc(SCC(=O)O)s1)c1nncn1C. The molecule has 0 spiro atoms. The molecule has 2 aromatic heterocycles. The van der Waals surface area contributed by atoms with Crippen LogP contribution in [0.1, 0.15) is 18.8 Å². The lowest BCUT2D eigenvalue weighted by atomic mass is 10.3. The highest BCUT2D eigenvalue weighted by Crippen LogP contribution is 2.27. The van der Waals surface area contributed by atoms with Crippen LogP contribution in [-0.2, 0) is 11.8 Å². The first-order valence-electron chi connectivity index (χ1n) is 5.35. The summed E-state index contributed by atoms with van der Waals surface area (Å²) in [7, 11) is 1.86. The number of hydrogen-bond donors (Lipinski definition) is 2. The van der Waals surface area contributed by atoms with E-state index in [2.05, 4.69) is 25.7 Å². The molecule has 0 aliphatic carbocycles. The Kier molecular flexibility index (Phi) is 4.32. The van der Waals surface area contributed by atoms with Crippen LogP contribution in [-0.4, -0.2) is 41.8 Å². The Bertz CT molecular complexity index is 569. The third-order valence-electron chi connectivity index (χ3n) is 2.20. The van der Waals surface area contributed by atoms with Gasteiger partial charge in [-0.3, -0.25) is 4.79 Å². The normalized spacial score (nSPS) is 12.3. The van der Waals surface area contributed by atoms with Crippen molar-refractivity contribution in [3.05, 3.63) is 12.2 Å². The fourth-order valence-corrected chi connectivity index (χ4v) is 2.94. The van der Waals surface area contributed by atoms with Crippen LogP contribution in [0, 0.1) is 0 Å². The zero-order valence-corrected chi connectivity index (χ0v) is 11.9. The Hall–Kier alpha value is -1.68. The van der Waals surface area contributed by atoms with Crippen LogP contribution < -0.4 is 5.32 Å². The highest BCUT2D eigenvalue weighted by molar-refractivity contribution is 8.01. The maximum absolute atomic E-state index is 10.5. The molecular weight excluding hydrogens is 288 g/mol. The van der Waals surface area contributed by atoms with E-state index < -0.39 is 5.97 Å². The number of carboxylic acid groups (broad SMARTS) is 1. The third-order valence-corrected chi connectivity index (χ3v) is 4.17. The molecular formula is C9H12N6O2S2. The summed E-state index contributed by atoms with van der Waals surface area (Å²) in [5, 5.41) is 28.0. The summed E-state index contributed by atoms with van der Waals surface area (Å²) in [6.45, 7) is 1.94. The van der Waals surface area contributed by atoms with E-state index in [9.17, 15) is 4.79 Å². The van der Waals surface area contributed by atoms with Crippen molar-refractivity contribution >= 4 is 34.2 Å². The smallest absolute Gasteiger partial charge is 0.313 e. The van der Waals surface area contributed by atoms with E-state index in [1.165, 1.54) is 11.3 Å². The van der Waals surface area contributed by atoms with E-state index in [1.54, 1.807) is 6.33 Å². The Morgan fingerprint density at radius 3 is 3.00 bits per heavy atom. The van der Waals surface area contributed by atoms with Gasteiger partial charge in [-0.2, -0.15) is 0 Å². The quantitative estimate of drug-likeness (QED) is 0.762. The van der Waals surface area contributed by atoms with Gasteiger partial charge in [0, 0.05) is 7.05 Å². The average molecular weight is 300 g/mol. The maximum Gasteiger partial charge on any atom is 0.313 e. The molecule has 0 saturated heterocycles. The highest BCUT2D eigenvalue weighted by Gasteiger charge is 2.14. The van der Waals surface area contributed by atoms with Crippen molar-refractivity contribution in [2.45, 2.75) is 17.3 Å². The van der Waals surface area contributed by atoms with Gasteiger partial charge in [0.2, 0.25) is 5.13 Å². The zero-order chi connectivity index (χ0) is 13.8. The number of aryl methyl sites for hydroxylation is 1. The molecule has 1 atom stereocenters. The third kappa shape index (κ3) is 3.64. The minimum absolute atomic E-state index is 0.0204. The number of aliphatic carboxylic acids is 1. The Labute approximate surface area is 117 Å². The van der Waals surface area contributed by atoms with Gasteiger partial charge in [0.15, 0.2) is 10.2 Å². The van der Waals surface area contributed by atoms with Gasteiger partial charge in [-0.1, -0.05) is 23.1 Å². The molecule has 2 N–H and O–H groups in total. The van der Waals surface area contributed by atoms with Crippen molar-refractivity contribution in [3.63, 3.8) is 0 Å². The second kappa shape index (κ2) is 5.97. The molecule has 0 bridgehead atoms. The minimum Gasteiger partial charge on any atom is -0.481 e. The van der Waals surface area contributed by atoms with Crippen LogP contribution in [0.5, 0.6) is 0 Å². The van der Waals surface area contributed by atoms with Gasteiger partial charge in [-0.25, -0.2) is 0 Å². The predicted octanol–water partition coefficient (Wildman–Crippen LogP) is 1.02. The fourth-order valence-electron chi connectivity index (χ4n) is 1.38. The van der Waals surface area contributed by atoms with Crippen LogP contribution in [0.25, 0.3) is 0 Å². The second-order valence-electron chi connectivity index (χ2n) is 3.72. The van der Waals surface area contributed by atoms with E-state index in [0.717, 1.165) is 17.6 Å². The molecule has 102 valence electrons. The summed E-state index contributed by atoms with van der Waals surface area (Å²) >= 11 is 2.46. The summed E-state index contributed by atoms with van der Waals surface area (Å²) in [5.41, 5.74) is 0. The monoisotopic (exact) mass is 300 g/mol. The number of anilines is 1. The average Bonchev–Trinajstić information content (AvgIpc) is 2.95. The van der Waals surface area contributed by atoms with Crippen molar-refractivity contribution in [1.82, 2.24) is 25.0 Å². The summed E-state index contributed by atoms with van der Waals surface area (Å²) in [5.74, 6) is -0.106. The van der Waals surface area contributed by atoms with Crippen LogP contribution >= 0.6 is 23.1 Å². The molecule has 2 heterocycles. The molecule has 10 heteroatoms. The summed E-state index contributed by atoms with van der Waals surface area (Å²) < 4.78 is 2.44. The lowest BCUT2D eigenvalue weighted by Gasteiger charge is -2.10. The first kappa shape index (κ1) is 13.7. The largest absolute Gasteiger partial charge is 0.481 e. The van der Waals surface area contributed by atoms with Crippen molar-refractivity contribution in [2.24, 2.45) is 7.05 Å². The molecule has 8 nitrogen and oxygen atoms in total. The molecule has 2 aromatic rings. The Morgan fingerprint density at radius 2 is 2.37 bits per heavy atom. The van der Waals surface area contributed by atoms with E-state index in [1.807, 2.05) is 18.5 Å². The number of hydrogen-bond acceptors (Lipinski definition) is 8. The number of nitrogens with zero attached hydrogens (tertiary/aromatic N) is 5. The van der Waals surface area contributed by atoms with Crippen molar-refractivity contribution in [1.29, 1.82) is 0 Å². The number of carboxylic acids is 1. The van der Waals surface area contributed by atoms with Gasteiger partial charge in [-0.05, 0) is 6.92 Å². The Balaban J connectivity index is 1.96. The van der Waals surface area contributed by atoms with E-state index >= 15 is 0 Å². The van der Waals surface area contributed by atoms with Crippen LogP contribution in [0.2, 0.25) is 0 Å². The lowest BCUT2D eigenvalue weighted by Crippen LogP contribution is -2.11. The first-order chi connectivity index (χ1) is 9.06. The molecule has 0 aromatic carbocycles. The number of nitrogens with one attached hydrogen (secondary N) is 1. The highest BCUT2D eigenvalue weighted by atomic mass is 32.2. The summed E-state index contributed by atoms with van der Waals surface area (Å²) in [4.78, 5) is 10.5. The standard InChI is InChI=1S/C9H12N6O2S2/c1-5(7-12-10-4-15(7)2)11-8-13-14-9(19-8)18-3-6(16)17/h4-5H,3H2,1-2H3,(H,11,13)(H,16,17). The summed E-state index contributed by atoms with van der Waals surface area (Å²) in [6, 6.07) is -0.0576. The zero-order valence-electron chi connectivity index (χ0n) is 10.3. The Morgan fingerprint density at radius 1 is 1.58 bits per heavy atom. The molecule has 0 saturated carbocycles. The van der Waals surface area contributed by atoms with Crippen molar-refractivity contribution in [2.75, 3.05) is 11.1 Å². The van der Waals surface area contributed by atoms with Crippen LogP contribution in [0.15, 0.2) is 10.7 Å². The number of rotatable bonds is 6. The molecule has 0 amide bonds. The lowest BCUT2D eigenvalue weighted by molar-refractivity contribution is -0.133. The van der Waals surface area contributed by atoms with E-state index in [-0.39, 0.29) is 11.8 Å². The van der Waals surface area contributed by atoms with Crippen LogP contribution in [0.4, 0.5) is 5.13 Å². The number of carbonyl (C=O) groups is 1. The van der Waals surface area contributed by atoms with Gasteiger partial charge in [0.25, 0.3) is 0 Å². The minimum atomic E-state index is -0.873. The molecule has 0 aliphatic heterocycles. The molecule has 0 radical (unpaired) electrons. The van der Waals surface area contributed by atoms with E-state index in [0.29, 0.717) is 9.47 Å². The topological polar surface area (TPSA) is 106 Å². The fraction of sp³-hybridized carbons (Fsp3) is 0.444. The van der Waals surface area contributed by atoms with Crippen molar-refractivity contribution < 1.29 is 9.90 Å². The summed E-state index contributed by atoms with van der Waals surface area (Å²) in [6.07, 6.45) is 1.63. The maximum atomic E-state index is 10.5. The first-order valence-corrected chi connectivity index (χ1v) is 7.15. The molecule has 0 aliphatic rings. The molecule has 2 rings (SSSR count). The van der Waals surface area contributed by atoms with Gasteiger partial charge in [0.05, 0.1) is 11.8 Å². The second-order valence-corrected chi connectivity index (χ2v) is 5.92. The van der Waals surface area contributed by atoms with Gasteiger partial charge in [0.1, 0.15) is 6.33 Å². The number of thioether (sulfide) groups is 1. The molecule has 19 heavy (non-hydrogen) atoms. The molecule has 0 fully saturated rings. The van der Waals surface area contributed by atoms with Gasteiger partial charge < -0.3 is 15.0 Å². The number of aromatic nitrogens is 5. The predicted molar refractivity (Wildman–Crippen MR) is 71.3 cm³/mol. The van der Waals surface area contributed by atoms with Gasteiger partial charge in [-0.15, -0.1) is 20.4 Å². The molecule has 1 unspecified atom stereocenters.